The molecule has 3 fully saturated rings. The molecule has 0 radical (unpaired) electrons. The minimum absolute atomic E-state index is 0.0310. The maximum atomic E-state index is 13.2. The van der Waals surface area contributed by atoms with Gasteiger partial charge in [-0.05, 0) is 67.8 Å². The van der Waals surface area contributed by atoms with Crippen LogP contribution in [0.2, 0.25) is 0 Å². The Bertz CT molecular complexity index is 890. The van der Waals surface area contributed by atoms with E-state index in [0.717, 1.165) is 24.8 Å². The minimum Gasteiger partial charge on any atom is -0.453 e. The molecule has 7 nitrogen and oxygen atoms in total. The Hall–Kier alpha value is -1.57. The largest absolute Gasteiger partial charge is 0.453 e. The summed E-state index contributed by atoms with van der Waals surface area (Å²) in [6, 6.07) is 0. The van der Waals surface area contributed by atoms with Crippen LogP contribution >= 0.6 is 0 Å². The summed E-state index contributed by atoms with van der Waals surface area (Å²) in [6.45, 7) is 3.83. The molecular weight excluding hydrogens is 422 g/mol. The number of ether oxygens (including phenoxy) is 1. The Morgan fingerprint density at radius 2 is 1.85 bits per heavy atom. The van der Waals surface area contributed by atoms with Crippen LogP contribution in [-0.2, 0) is 19.1 Å². The maximum Gasteiger partial charge on any atom is 0.362 e. The molecule has 4 aliphatic rings. The van der Waals surface area contributed by atoms with Crippen molar-refractivity contribution in [3.63, 3.8) is 0 Å². The van der Waals surface area contributed by atoms with Crippen LogP contribution in [0.15, 0.2) is 11.6 Å². The second kappa shape index (κ2) is 7.99. The number of aliphatic hydroxyl groups is 2. The molecule has 0 aliphatic heterocycles. The van der Waals surface area contributed by atoms with Gasteiger partial charge in [0.1, 0.15) is 5.60 Å². The Balaban J connectivity index is 1.55. The van der Waals surface area contributed by atoms with Gasteiger partial charge in [-0.25, -0.2) is 4.79 Å². The molecule has 33 heavy (non-hydrogen) atoms. The molecule has 7 heteroatoms. The number of allylic oxidation sites excluding steroid dienone is 1. The van der Waals surface area contributed by atoms with Crippen molar-refractivity contribution in [2.24, 2.45) is 28.6 Å². The number of rotatable bonds is 5. The molecule has 0 spiro atoms. The number of fused-ring (bicyclic) bond motifs is 5. The standard InChI is InChI=1S/C26H40NO6/c1-24-10-8-17(28)12-16(24)6-7-18-19-9-11-26(32,25(19,2)13-20(29)23(18)24)21(30)15-33-22(31)14-27(3,4)5/h12,18-20,23,29,32H,6-11,13-15H2,1-5H3/q+1/t18-,19-,20-,23-,24-,25-,26+/m1/s1. The maximum absolute atomic E-state index is 13.2. The lowest BCUT2D eigenvalue weighted by Gasteiger charge is -2.60. The Kier molecular flexibility index (Phi) is 5.95. The summed E-state index contributed by atoms with van der Waals surface area (Å²) >= 11 is 0. The van der Waals surface area contributed by atoms with E-state index in [9.17, 15) is 24.6 Å². The topological polar surface area (TPSA) is 101 Å². The van der Waals surface area contributed by atoms with Crippen molar-refractivity contribution in [2.45, 2.75) is 70.5 Å². The molecule has 0 amide bonds. The van der Waals surface area contributed by atoms with Crippen LogP contribution in [0.25, 0.3) is 0 Å². The highest BCUT2D eigenvalue weighted by Crippen LogP contribution is 2.67. The van der Waals surface area contributed by atoms with Gasteiger partial charge in [0.15, 0.2) is 18.9 Å². The van der Waals surface area contributed by atoms with Crippen molar-refractivity contribution in [3.8, 4) is 0 Å². The molecule has 2 N–H and O–H groups in total. The molecule has 0 unspecified atom stereocenters. The van der Waals surface area contributed by atoms with E-state index in [1.165, 1.54) is 0 Å². The second-order valence-electron chi connectivity index (χ2n) is 12.5. The van der Waals surface area contributed by atoms with Gasteiger partial charge in [-0.3, -0.25) is 9.59 Å². The smallest absolute Gasteiger partial charge is 0.362 e. The van der Waals surface area contributed by atoms with Gasteiger partial charge in [-0.1, -0.05) is 19.4 Å². The predicted octanol–water partition coefficient (Wildman–Crippen LogP) is 2.04. The van der Waals surface area contributed by atoms with Gasteiger partial charge in [0.05, 0.1) is 27.2 Å². The molecular formula is C26H40NO6+. The lowest BCUT2D eigenvalue weighted by atomic mass is 9.45. The van der Waals surface area contributed by atoms with Gasteiger partial charge in [0.25, 0.3) is 0 Å². The summed E-state index contributed by atoms with van der Waals surface area (Å²) < 4.78 is 5.64. The molecule has 7 atom stereocenters. The van der Waals surface area contributed by atoms with E-state index < -0.39 is 35.5 Å². The number of carbonyl (C=O) groups is 3. The summed E-state index contributed by atoms with van der Waals surface area (Å²) in [7, 11) is 5.60. The zero-order chi connectivity index (χ0) is 24.4. The van der Waals surface area contributed by atoms with E-state index in [4.69, 9.17) is 4.74 Å². The third-order valence-corrected chi connectivity index (χ3v) is 9.48. The number of Topliss-reactive ketones (excluding diaryl/α,β-unsaturated/α-hetero) is 1. The first kappa shape index (κ1) is 24.6. The highest BCUT2D eigenvalue weighted by Gasteiger charge is 2.68. The summed E-state index contributed by atoms with van der Waals surface area (Å²) in [5.74, 6) is -0.414. The van der Waals surface area contributed by atoms with Crippen LogP contribution in [0.4, 0.5) is 0 Å². The van der Waals surface area contributed by atoms with Crippen molar-refractivity contribution in [1.82, 2.24) is 0 Å². The zero-order valence-corrected chi connectivity index (χ0v) is 20.7. The molecule has 0 aromatic heterocycles. The van der Waals surface area contributed by atoms with Gasteiger partial charge >= 0.3 is 5.97 Å². The summed E-state index contributed by atoms with van der Waals surface area (Å²) in [5, 5.41) is 23.1. The minimum atomic E-state index is -1.61. The molecule has 0 saturated heterocycles. The SMILES string of the molecule is C[C@@]12CCC(=O)C=C1CC[C@H]1[C@@H]2[C@H](O)C[C@]2(C)[C@@H]1CC[C@]2(O)C(=O)COC(=O)C[N+](C)(C)C. The Morgan fingerprint density at radius 3 is 2.52 bits per heavy atom. The predicted molar refractivity (Wildman–Crippen MR) is 122 cm³/mol. The normalized spacial score (nSPS) is 42.6. The van der Waals surface area contributed by atoms with Crippen molar-refractivity contribution in [1.29, 1.82) is 0 Å². The van der Waals surface area contributed by atoms with Gasteiger partial charge in [0.2, 0.25) is 5.78 Å². The fourth-order valence-corrected chi connectivity index (χ4v) is 7.85. The highest BCUT2D eigenvalue weighted by molar-refractivity contribution is 5.92. The number of carbonyl (C=O) groups excluding carboxylic acids is 3. The number of quaternary nitrogens is 1. The molecule has 3 saturated carbocycles. The van der Waals surface area contributed by atoms with Crippen LogP contribution in [-0.4, -0.2) is 78.2 Å². The summed E-state index contributed by atoms with van der Waals surface area (Å²) in [6.07, 6.45) is 5.49. The average Bonchev–Trinajstić information content (AvgIpc) is 2.96. The zero-order valence-electron chi connectivity index (χ0n) is 20.7. The van der Waals surface area contributed by atoms with Gasteiger partial charge in [0, 0.05) is 11.8 Å². The first-order chi connectivity index (χ1) is 15.2. The molecule has 0 aromatic rings. The van der Waals surface area contributed by atoms with E-state index in [2.05, 4.69) is 6.92 Å². The number of hydrogen-bond donors (Lipinski definition) is 2. The van der Waals surface area contributed by atoms with E-state index >= 15 is 0 Å². The van der Waals surface area contributed by atoms with Gasteiger partial charge < -0.3 is 19.4 Å². The molecule has 0 aromatic carbocycles. The number of ketones is 2. The third-order valence-electron chi connectivity index (χ3n) is 9.48. The first-order valence-electron chi connectivity index (χ1n) is 12.3. The number of aliphatic hydroxyl groups excluding tert-OH is 1. The summed E-state index contributed by atoms with van der Waals surface area (Å²) in [5.41, 5.74) is -1.42. The number of hydrogen-bond acceptors (Lipinski definition) is 6. The average molecular weight is 463 g/mol. The highest BCUT2D eigenvalue weighted by atomic mass is 16.5. The molecule has 0 heterocycles. The van der Waals surface area contributed by atoms with Crippen LogP contribution in [0.5, 0.6) is 0 Å². The Labute approximate surface area is 196 Å². The van der Waals surface area contributed by atoms with Crippen LogP contribution < -0.4 is 0 Å². The van der Waals surface area contributed by atoms with Crippen LogP contribution in [0, 0.1) is 28.6 Å². The fraction of sp³-hybridized carbons (Fsp3) is 0.808. The quantitative estimate of drug-likeness (QED) is 0.479. The van der Waals surface area contributed by atoms with Crippen LogP contribution in [0.3, 0.4) is 0 Å². The van der Waals surface area contributed by atoms with Crippen molar-refractivity contribution < 1.29 is 33.8 Å². The monoisotopic (exact) mass is 462 g/mol. The van der Waals surface area contributed by atoms with E-state index in [-0.39, 0.29) is 35.5 Å². The first-order valence-corrected chi connectivity index (χ1v) is 12.3. The summed E-state index contributed by atoms with van der Waals surface area (Å²) in [4.78, 5) is 37.4. The molecule has 184 valence electrons. The molecule has 4 rings (SSSR count). The second-order valence-corrected chi connectivity index (χ2v) is 12.5. The van der Waals surface area contributed by atoms with Crippen molar-refractivity contribution in [2.75, 3.05) is 34.3 Å². The van der Waals surface area contributed by atoms with Crippen molar-refractivity contribution >= 4 is 17.5 Å². The van der Waals surface area contributed by atoms with Gasteiger partial charge in [-0.2, -0.15) is 0 Å². The van der Waals surface area contributed by atoms with E-state index in [1.807, 2.05) is 28.1 Å². The lowest BCUT2D eigenvalue weighted by molar-refractivity contribution is -0.862. The van der Waals surface area contributed by atoms with Crippen LogP contribution in [0.1, 0.15) is 58.8 Å². The van der Waals surface area contributed by atoms with Crippen molar-refractivity contribution in [3.05, 3.63) is 11.6 Å². The molecule has 4 aliphatic carbocycles. The number of likely N-dealkylation sites (N-methyl/N-ethyl adjacent to an activating group) is 1. The number of nitrogens with zero attached hydrogens (tertiary/aromatic N) is 1. The third kappa shape index (κ3) is 3.90. The number of esters is 1. The lowest BCUT2D eigenvalue weighted by Crippen LogP contribution is -2.62. The van der Waals surface area contributed by atoms with Gasteiger partial charge in [-0.15, -0.1) is 0 Å². The van der Waals surface area contributed by atoms with E-state index in [1.54, 1.807) is 6.08 Å². The fourth-order valence-electron chi connectivity index (χ4n) is 7.85. The van der Waals surface area contributed by atoms with E-state index in [0.29, 0.717) is 30.2 Å². The Morgan fingerprint density at radius 1 is 1.15 bits per heavy atom. The molecule has 0 bridgehead atoms.